The fraction of sp³-hybridized carbons (Fsp3) is 0.650. The summed E-state index contributed by atoms with van der Waals surface area (Å²) in [6, 6.07) is 8.66. The van der Waals surface area contributed by atoms with Crippen LogP contribution in [0.3, 0.4) is 0 Å². The highest BCUT2D eigenvalue weighted by molar-refractivity contribution is 7.91. The summed E-state index contributed by atoms with van der Waals surface area (Å²) in [5.74, 6) is 2.52. The summed E-state index contributed by atoms with van der Waals surface area (Å²) in [7, 11) is -3.22. The minimum absolute atomic E-state index is 0.135. The third-order valence-electron chi connectivity index (χ3n) is 4.66. The van der Waals surface area contributed by atoms with Gasteiger partial charge in [0, 0.05) is 26.2 Å². The summed E-state index contributed by atoms with van der Waals surface area (Å²) in [5.41, 5.74) is 0. The Kier molecular flexibility index (Phi) is 7.94. The minimum Gasteiger partial charge on any atom is -0.357 e. The zero-order chi connectivity index (χ0) is 19.0. The molecule has 0 radical (unpaired) electrons. The molecule has 0 spiro atoms. The lowest BCUT2D eigenvalue weighted by atomic mass is 9.97. The highest BCUT2D eigenvalue weighted by Crippen LogP contribution is 2.23. The average Bonchev–Trinajstić information content (AvgIpc) is 3.06. The van der Waals surface area contributed by atoms with E-state index in [0.29, 0.717) is 17.9 Å². The zero-order valence-corrected chi connectivity index (χ0v) is 17.1. The average molecular weight is 380 g/mol. The summed E-state index contributed by atoms with van der Waals surface area (Å²) in [5, 5.41) is 3.35. The quantitative estimate of drug-likeness (QED) is 0.428. The van der Waals surface area contributed by atoms with Gasteiger partial charge in [0.25, 0.3) is 0 Å². The van der Waals surface area contributed by atoms with E-state index in [2.05, 4.69) is 36.0 Å². The molecule has 5 nitrogen and oxygen atoms in total. The first kappa shape index (κ1) is 20.7. The van der Waals surface area contributed by atoms with Crippen LogP contribution in [0.15, 0.2) is 40.2 Å². The van der Waals surface area contributed by atoms with Gasteiger partial charge in [-0.05, 0) is 50.2 Å². The normalized spacial score (nSPS) is 18.5. The minimum atomic E-state index is -3.22. The van der Waals surface area contributed by atoms with Gasteiger partial charge in [0.15, 0.2) is 15.8 Å². The molecule has 1 atom stereocenters. The third-order valence-corrected chi connectivity index (χ3v) is 6.48. The first-order valence-electron chi connectivity index (χ1n) is 9.73. The Bertz CT molecular complexity index is 672. The molecule has 1 aliphatic heterocycles. The van der Waals surface area contributed by atoms with E-state index >= 15 is 0 Å². The number of benzene rings is 1. The highest BCUT2D eigenvalue weighted by Gasteiger charge is 2.25. The number of nitrogens with zero attached hydrogens (tertiary/aromatic N) is 2. The van der Waals surface area contributed by atoms with E-state index in [1.807, 2.05) is 6.07 Å². The van der Waals surface area contributed by atoms with E-state index in [9.17, 15) is 8.42 Å². The Morgan fingerprint density at radius 3 is 2.69 bits per heavy atom. The van der Waals surface area contributed by atoms with E-state index in [-0.39, 0.29) is 5.75 Å². The maximum atomic E-state index is 12.3. The molecule has 6 heteroatoms. The fourth-order valence-corrected chi connectivity index (χ4v) is 4.81. The molecule has 1 unspecified atom stereocenters. The first-order valence-corrected chi connectivity index (χ1v) is 11.4. The van der Waals surface area contributed by atoms with Gasteiger partial charge >= 0.3 is 0 Å². The summed E-state index contributed by atoms with van der Waals surface area (Å²) in [6.07, 6.45) is 3.01. The van der Waals surface area contributed by atoms with E-state index in [0.717, 1.165) is 37.4 Å². The molecule has 0 amide bonds. The van der Waals surface area contributed by atoms with Crippen LogP contribution >= 0.6 is 0 Å². The van der Waals surface area contributed by atoms with Gasteiger partial charge in [-0.25, -0.2) is 8.42 Å². The molecule has 1 heterocycles. The first-order chi connectivity index (χ1) is 12.4. The van der Waals surface area contributed by atoms with E-state index in [1.165, 1.54) is 12.8 Å². The summed E-state index contributed by atoms with van der Waals surface area (Å²) in [6.45, 7) is 10.0. The highest BCUT2D eigenvalue weighted by atomic mass is 32.2. The maximum absolute atomic E-state index is 12.3. The van der Waals surface area contributed by atoms with Crippen molar-refractivity contribution in [2.24, 2.45) is 16.8 Å². The Morgan fingerprint density at radius 2 is 2.04 bits per heavy atom. The van der Waals surface area contributed by atoms with Crippen molar-refractivity contribution in [3.63, 3.8) is 0 Å². The van der Waals surface area contributed by atoms with Crippen LogP contribution in [0, 0.1) is 11.8 Å². The third kappa shape index (κ3) is 6.31. The maximum Gasteiger partial charge on any atom is 0.193 e. The van der Waals surface area contributed by atoms with Crippen molar-refractivity contribution in [3.8, 4) is 0 Å². The number of aliphatic imine (C=N–C) groups is 1. The standard InChI is InChI=1S/C20H33N3O2S/c1-4-21-20(23-13-11-18(16-23)15-17(2)3)22-12-8-14-26(24,25)19-9-6-5-7-10-19/h5-7,9-10,17-18H,4,8,11-16H2,1-3H3,(H,21,22). The Hall–Kier alpha value is -1.56. The van der Waals surface area contributed by atoms with Crippen LogP contribution in [0.25, 0.3) is 0 Å². The van der Waals surface area contributed by atoms with Crippen molar-refractivity contribution in [3.05, 3.63) is 30.3 Å². The van der Waals surface area contributed by atoms with E-state index in [1.54, 1.807) is 24.3 Å². The Morgan fingerprint density at radius 1 is 1.31 bits per heavy atom. The van der Waals surface area contributed by atoms with Gasteiger partial charge in [-0.1, -0.05) is 32.0 Å². The molecule has 1 fully saturated rings. The second kappa shape index (κ2) is 9.95. The molecule has 1 saturated heterocycles. The molecule has 1 N–H and O–H groups in total. The van der Waals surface area contributed by atoms with E-state index < -0.39 is 9.84 Å². The van der Waals surface area contributed by atoms with Crippen molar-refractivity contribution in [2.75, 3.05) is 31.9 Å². The number of sulfone groups is 1. The molecule has 0 aromatic heterocycles. The summed E-state index contributed by atoms with van der Waals surface area (Å²) in [4.78, 5) is 7.39. The second-order valence-electron chi connectivity index (χ2n) is 7.45. The molecule has 0 saturated carbocycles. The number of guanidine groups is 1. The summed E-state index contributed by atoms with van der Waals surface area (Å²) >= 11 is 0. The zero-order valence-electron chi connectivity index (χ0n) is 16.3. The van der Waals surface area contributed by atoms with Crippen LogP contribution in [0.4, 0.5) is 0 Å². The fourth-order valence-electron chi connectivity index (χ4n) is 3.50. The smallest absolute Gasteiger partial charge is 0.193 e. The van der Waals surface area contributed by atoms with Gasteiger partial charge in [-0.3, -0.25) is 4.99 Å². The molecule has 0 bridgehead atoms. The molecule has 1 aliphatic rings. The predicted molar refractivity (Wildman–Crippen MR) is 108 cm³/mol. The Balaban J connectivity index is 1.87. The van der Waals surface area contributed by atoms with Crippen LogP contribution < -0.4 is 5.32 Å². The molecule has 1 aromatic carbocycles. The van der Waals surface area contributed by atoms with Crippen LogP contribution in [-0.2, 0) is 9.84 Å². The topological polar surface area (TPSA) is 61.8 Å². The number of rotatable bonds is 8. The van der Waals surface area contributed by atoms with Gasteiger partial charge in [0.05, 0.1) is 10.6 Å². The lowest BCUT2D eigenvalue weighted by molar-refractivity contribution is 0.403. The van der Waals surface area contributed by atoms with Crippen molar-refractivity contribution >= 4 is 15.8 Å². The van der Waals surface area contributed by atoms with Crippen LogP contribution in [-0.4, -0.2) is 51.2 Å². The largest absolute Gasteiger partial charge is 0.357 e. The molecule has 26 heavy (non-hydrogen) atoms. The summed E-state index contributed by atoms with van der Waals surface area (Å²) < 4.78 is 24.7. The number of hydrogen-bond donors (Lipinski definition) is 1. The lowest BCUT2D eigenvalue weighted by Crippen LogP contribution is -2.40. The van der Waals surface area contributed by atoms with Gasteiger partial charge in [0.1, 0.15) is 0 Å². The predicted octanol–water partition coefficient (Wildman–Crippen LogP) is 3.18. The number of nitrogens with one attached hydrogen (secondary N) is 1. The SMILES string of the molecule is CCNC(=NCCCS(=O)(=O)c1ccccc1)N1CCC(CC(C)C)C1. The van der Waals surface area contributed by atoms with Crippen molar-refractivity contribution in [1.82, 2.24) is 10.2 Å². The Labute approximate surface area is 158 Å². The van der Waals surface area contributed by atoms with Crippen LogP contribution in [0.2, 0.25) is 0 Å². The van der Waals surface area contributed by atoms with Crippen LogP contribution in [0.5, 0.6) is 0 Å². The van der Waals surface area contributed by atoms with Crippen molar-refractivity contribution in [2.45, 2.75) is 44.9 Å². The molecule has 0 aliphatic carbocycles. The van der Waals surface area contributed by atoms with Crippen molar-refractivity contribution < 1.29 is 8.42 Å². The van der Waals surface area contributed by atoms with Crippen molar-refractivity contribution in [1.29, 1.82) is 0 Å². The number of likely N-dealkylation sites (tertiary alicyclic amines) is 1. The van der Waals surface area contributed by atoms with Gasteiger partial charge < -0.3 is 10.2 Å². The lowest BCUT2D eigenvalue weighted by Gasteiger charge is -2.22. The van der Waals surface area contributed by atoms with Crippen LogP contribution in [0.1, 0.15) is 40.0 Å². The molecular weight excluding hydrogens is 346 g/mol. The molecular formula is C20H33N3O2S. The molecule has 146 valence electrons. The molecule has 1 aromatic rings. The van der Waals surface area contributed by atoms with Gasteiger partial charge in [-0.15, -0.1) is 0 Å². The number of hydrogen-bond acceptors (Lipinski definition) is 3. The second-order valence-corrected chi connectivity index (χ2v) is 9.56. The van der Waals surface area contributed by atoms with E-state index in [4.69, 9.17) is 0 Å². The van der Waals surface area contributed by atoms with Gasteiger partial charge in [-0.2, -0.15) is 0 Å². The monoisotopic (exact) mass is 379 g/mol. The molecule has 2 rings (SSSR count). The van der Waals surface area contributed by atoms with Gasteiger partial charge in [0.2, 0.25) is 0 Å².